The van der Waals surface area contributed by atoms with Crippen molar-refractivity contribution >= 4 is 44.2 Å². The van der Waals surface area contributed by atoms with Crippen LogP contribution in [0.15, 0.2) is 48.5 Å². The molecule has 4 rings (SSSR count). The number of amides is 2. The molecule has 1 aromatic heterocycles. The van der Waals surface area contributed by atoms with Crippen molar-refractivity contribution in [1.82, 2.24) is 4.98 Å². The highest BCUT2D eigenvalue weighted by Crippen LogP contribution is 2.30. The van der Waals surface area contributed by atoms with Crippen LogP contribution in [0.25, 0.3) is 10.2 Å². The highest BCUT2D eigenvalue weighted by molar-refractivity contribution is 7.22. The molecule has 2 amide bonds. The Morgan fingerprint density at radius 2 is 1.84 bits per heavy atom. The predicted octanol–water partition coefficient (Wildman–Crippen LogP) is 4.29. The quantitative estimate of drug-likeness (QED) is 0.737. The third-order valence-corrected chi connectivity index (χ3v) is 5.34. The van der Waals surface area contributed by atoms with Crippen molar-refractivity contribution in [1.29, 1.82) is 0 Å². The summed E-state index contributed by atoms with van der Waals surface area (Å²) < 4.78 is 0.963. The molecule has 0 radical (unpaired) electrons. The summed E-state index contributed by atoms with van der Waals surface area (Å²) in [5.41, 5.74) is 2.10. The lowest BCUT2D eigenvalue weighted by atomic mass is 9.85. The molecule has 1 fully saturated rings. The number of thiazole rings is 1. The number of anilines is 2. The van der Waals surface area contributed by atoms with Crippen molar-refractivity contribution in [3.8, 4) is 0 Å². The van der Waals surface area contributed by atoms with Crippen molar-refractivity contribution < 1.29 is 9.59 Å². The van der Waals surface area contributed by atoms with Gasteiger partial charge in [0.1, 0.15) is 0 Å². The second-order valence-electron chi connectivity index (χ2n) is 6.14. The summed E-state index contributed by atoms with van der Waals surface area (Å²) in [5, 5.41) is 6.32. The third-order valence-electron chi connectivity index (χ3n) is 4.39. The van der Waals surface area contributed by atoms with Crippen molar-refractivity contribution in [3.63, 3.8) is 0 Å². The number of aromatic nitrogens is 1. The smallest absolute Gasteiger partial charge is 0.257 e. The molecule has 2 N–H and O–H groups in total. The Hall–Kier alpha value is -2.73. The van der Waals surface area contributed by atoms with Gasteiger partial charge in [-0.3, -0.25) is 14.9 Å². The van der Waals surface area contributed by atoms with Gasteiger partial charge in [-0.05, 0) is 43.2 Å². The van der Waals surface area contributed by atoms with Gasteiger partial charge in [0.2, 0.25) is 5.91 Å². The van der Waals surface area contributed by atoms with E-state index in [1.807, 2.05) is 36.4 Å². The molecule has 0 bridgehead atoms. The van der Waals surface area contributed by atoms with E-state index in [1.54, 1.807) is 12.1 Å². The Labute approximate surface area is 149 Å². The Morgan fingerprint density at radius 1 is 1.04 bits per heavy atom. The molecule has 0 aliphatic heterocycles. The minimum absolute atomic E-state index is 0.0819. The molecule has 126 valence electrons. The Bertz CT molecular complexity index is 932. The lowest BCUT2D eigenvalue weighted by molar-refractivity contribution is -0.122. The molecule has 0 atom stereocenters. The van der Waals surface area contributed by atoms with Crippen molar-refractivity contribution in [2.45, 2.75) is 19.3 Å². The zero-order valence-electron chi connectivity index (χ0n) is 13.5. The number of carbonyl (C=O) groups excluding carboxylic acids is 2. The fourth-order valence-electron chi connectivity index (χ4n) is 2.73. The average Bonchev–Trinajstić information content (AvgIpc) is 2.95. The second kappa shape index (κ2) is 6.64. The number of hydrogen-bond acceptors (Lipinski definition) is 4. The molecule has 0 spiro atoms. The largest absolute Gasteiger partial charge is 0.326 e. The van der Waals surface area contributed by atoms with Crippen LogP contribution in [0.2, 0.25) is 0 Å². The maximum absolute atomic E-state index is 12.2. The van der Waals surface area contributed by atoms with Crippen LogP contribution in [0.4, 0.5) is 10.8 Å². The minimum Gasteiger partial charge on any atom is -0.326 e. The maximum Gasteiger partial charge on any atom is 0.257 e. The van der Waals surface area contributed by atoms with E-state index < -0.39 is 0 Å². The van der Waals surface area contributed by atoms with Gasteiger partial charge in [0.15, 0.2) is 5.13 Å². The standard InChI is InChI=1S/C19H17N3O2S/c23-17(13-7-4-8-13)20-14-9-10-16-15(11-14)21-19(25-16)22-18(24)12-5-2-1-3-6-12/h1-3,5-6,9-11,13H,4,7-8H2,(H,20,23)(H,21,22,24). The van der Waals surface area contributed by atoms with Gasteiger partial charge < -0.3 is 5.32 Å². The summed E-state index contributed by atoms with van der Waals surface area (Å²) in [6.45, 7) is 0. The summed E-state index contributed by atoms with van der Waals surface area (Å²) in [6.07, 6.45) is 3.08. The summed E-state index contributed by atoms with van der Waals surface area (Å²) in [5.74, 6) is 0.0449. The number of nitrogens with one attached hydrogen (secondary N) is 2. The monoisotopic (exact) mass is 351 g/mol. The van der Waals surface area contributed by atoms with E-state index in [2.05, 4.69) is 15.6 Å². The second-order valence-corrected chi connectivity index (χ2v) is 7.17. The fraction of sp³-hybridized carbons (Fsp3) is 0.211. The first-order valence-corrected chi connectivity index (χ1v) is 9.08. The van der Waals surface area contributed by atoms with Gasteiger partial charge in [0.05, 0.1) is 10.2 Å². The van der Waals surface area contributed by atoms with Gasteiger partial charge in [0.25, 0.3) is 5.91 Å². The van der Waals surface area contributed by atoms with Crippen LogP contribution in [0.3, 0.4) is 0 Å². The van der Waals surface area contributed by atoms with Crippen LogP contribution >= 0.6 is 11.3 Å². The Kier molecular flexibility index (Phi) is 4.19. The molecule has 3 aromatic rings. The first-order valence-electron chi connectivity index (χ1n) is 8.27. The van der Waals surface area contributed by atoms with E-state index in [0.29, 0.717) is 10.7 Å². The summed E-state index contributed by atoms with van der Waals surface area (Å²) in [4.78, 5) is 28.7. The molecular formula is C19H17N3O2S. The number of rotatable bonds is 4. The molecule has 1 heterocycles. The molecule has 1 aliphatic rings. The van der Waals surface area contributed by atoms with E-state index in [4.69, 9.17) is 0 Å². The number of hydrogen-bond donors (Lipinski definition) is 2. The fourth-order valence-corrected chi connectivity index (χ4v) is 3.57. The molecule has 6 heteroatoms. The SMILES string of the molecule is O=C(Nc1nc2cc(NC(=O)C3CCC3)ccc2s1)c1ccccc1. The van der Waals surface area contributed by atoms with Gasteiger partial charge in [-0.1, -0.05) is 36.0 Å². The minimum atomic E-state index is -0.182. The molecule has 1 aliphatic carbocycles. The molecular weight excluding hydrogens is 334 g/mol. The Morgan fingerprint density at radius 3 is 2.56 bits per heavy atom. The third kappa shape index (κ3) is 3.39. The van der Waals surface area contributed by atoms with Gasteiger partial charge in [-0.2, -0.15) is 0 Å². The topological polar surface area (TPSA) is 71.1 Å². The highest BCUT2D eigenvalue weighted by Gasteiger charge is 2.25. The zero-order valence-corrected chi connectivity index (χ0v) is 14.3. The number of benzene rings is 2. The zero-order chi connectivity index (χ0) is 17.2. The number of nitrogens with zero attached hydrogens (tertiary/aromatic N) is 1. The van der Waals surface area contributed by atoms with E-state index in [9.17, 15) is 9.59 Å². The van der Waals surface area contributed by atoms with Crippen LogP contribution < -0.4 is 10.6 Å². The molecule has 0 saturated heterocycles. The summed E-state index contributed by atoms with van der Waals surface area (Å²) in [6, 6.07) is 14.7. The van der Waals surface area contributed by atoms with E-state index in [0.717, 1.165) is 35.2 Å². The van der Waals surface area contributed by atoms with Gasteiger partial charge in [0, 0.05) is 17.2 Å². The highest BCUT2D eigenvalue weighted by atomic mass is 32.1. The van der Waals surface area contributed by atoms with E-state index in [1.165, 1.54) is 11.3 Å². The lowest BCUT2D eigenvalue weighted by Gasteiger charge is -2.23. The maximum atomic E-state index is 12.2. The van der Waals surface area contributed by atoms with Gasteiger partial charge >= 0.3 is 0 Å². The Balaban J connectivity index is 1.50. The molecule has 5 nitrogen and oxygen atoms in total. The van der Waals surface area contributed by atoms with Crippen LogP contribution in [0.1, 0.15) is 29.6 Å². The predicted molar refractivity (Wildman–Crippen MR) is 100.0 cm³/mol. The van der Waals surface area contributed by atoms with Crippen LogP contribution in [0.5, 0.6) is 0 Å². The van der Waals surface area contributed by atoms with Crippen LogP contribution in [0, 0.1) is 5.92 Å². The summed E-state index contributed by atoms with van der Waals surface area (Å²) >= 11 is 1.41. The van der Waals surface area contributed by atoms with Crippen molar-refractivity contribution in [3.05, 3.63) is 54.1 Å². The van der Waals surface area contributed by atoms with Gasteiger partial charge in [-0.15, -0.1) is 0 Å². The molecule has 0 unspecified atom stereocenters. The van der Waals surface area contributed by atoms with E-state index >= 15 is 0 Å². The van der Waals surface area contributed by atoms with Crippen LogP contribution in [-0.2, 0) is 4.79 Å². The normalized spacial score (nSPS) is 14.1. The molecule has 25 heavy (non-hydrogen) atoms. The number of fused-ring (bicyclic) bond motifs is 1. The first kappa shape index (κ1) is 15.8. The molecule has 2 aromatic carbocycles. The van der Waals surface area contributed by atoms with Gasteiger partial charge in [-0.25, -0.2) is 4.98 Å². The van der Waals surface area contributed by atoms with E-state index in [-0.39, 0.29) is 17.7 Å². The first-order chi connectivity index (χ1) is 12.2. The van der Waals surface area contributed by atoms with Crippen molar-refractivity contribution in [2.75, 3.05) is 10.6 Å². The average molecular weight is 351 g/mol. The molecule has 1 saturated carbocycles. The number of carbonyl (C=O) groups is 2. The van der Waals surface area contributed by atoms with Crippen molar-refractivity contribution in [2.24, 2.45) is 5.92 Å². The lowest BCUT2D eigenvalue weighted by Crippen LogP contribution is -2.27. The van der Waals surface area contributed by atoms with Crippen LogP contribution in [-0.4, -0.2) is 16.8 Å². The summed E-state index contributed by atoms with van der Waals surface area (Å²) in [7, 11) is 0.